The molecule has 1 aromatic rings. The summed E-state index contributed by atoms with van der Waals surface area (Å²) in [4.78, 5) is 10.2. The molecule has 0 bridgehead atoms. The smallest absolute Gasteiger partial charge is 0.304 e. The van der Waals surface area contributed by atoms with Crippen LogP contribution < -0.4 is 0 Å². The van der Waals surface area contributed by atoms with Gasteiger partial charge in [-0.3, -0.25) is 4.79 Å². The van der Waals surface area contributed by atoms with E-state index < -0.39 is 5.97 Å². The van der Waals surface area contributed by atoms with Crippen LogP contribution in [0.2, 0.25) is 0 Å². The minimum absolute atomic E-state index is 0.0336. The molecular formula is C10H8BrNO2. The number of nitriles is 1. The SMILES string of the molecule is N#Cc1ccc(C(Br)CC(=O)O)cc1. The first-order valence-corrected chi connectivity index (χ1v) is 4.91. The first-order valence-electron chi connectivity index (χ1n) is 3.99. The molecule has 1 rings (SSSR count). The molecule has 0 aromatic heterocycles. The second-order valence-electron chi connectivity index (χ2n) is 2.80. The van der Waals surface area contributed by atoms with Gasteiger partial charge in [0.15, 0.2) is 0 Å². The maximum absolute atomic E-state index is 10.4. The van der Waals surface area contributed by atoms with E-state index >= 15 is 0 Å². The van der Waals surface area contributed by atoms with Crippen molar-refractivity contribution in [1.29, 1.82) is 5.26 Å². The summed E-state index contributed by atoms with van der Waals surface area (Å²) >= 11 is 3.27. The Kier molecular flexibility index (Phi) is 3.66. The number of aliphatic carboxylic acids is 1. The van der Waals surface area contributed by atoms with Crippen LogP contribution in [0.1, 0.15) is 22.4 Å². The number of carboxylic acid groups (broad SMARTS) is 1. The van der Waals surface area contributed by atoms with Gasteiger partial charge in [0.05, 0.1) is 18.1 Å². The lowest BCUT2D eigenvalue weighted by Gasteiger charge is -2.06. The molecule has 14 heavy (non-hydrogen) atoms. The standard InChI is InChI=1S/C10H8BrNO2/c11-9(5-10(13)14)8-3-1-7(6-12)2-4-8/h1-4,9H,5H2,(H,13,14). The number of halogens is 1. The van der Waals surface area contributed by atoms with Crippen LogP contribution in [0.5, 0.6) is 0 Å². The summed E-state index contributed by atoms with van der Waals surface area (Å²) in [6.45, 7) is 0. The highest BCUT2D eigenvalue weighted by molar-refractivity contribution is 9.09. The molecule has 0 radical (unpaired) electrons. The molecule has 0 aliphatic rings. The summed E-state index contributed by atoms with van der Waals surface area (Å²) in [7, 11) is 0. The topological polar surface area (TPSA) is 61.1 Å². The average Bonchev–Trinajstić information content (AvgIpc) is 2.17. The molecule has 0 saturated carbocycles. The van der Waals surface area contributed by atoms with Crippen LogP contribution in [0.4, 0.5) is 0 Å². The molecule has 0 spiro atoms. The first-order chi connectivity index (χ1) is 6.63. The van der Waals surface area contributed by atoms with Crippen molar-refractivity contribution >= 4 is 21.9 Å². The number of carboxylic acids is 1. The van der Waals surface area contributed by atoms with E-state index in [1.807, 2.05) is 6.07 Å². The van der Waals surface area contributed by atoms with Gasteiger partial charge in [-0.25, -0.2) is 0 Å². The van der Waals surface area contributed by atoms with Gasteiger partial charge >= 0.3 is 5.97 Å². The fraction of sp³-hybridized carbons (Fsp3) is 0.200. The van der Waals surface area contributed by atoms with Gasteiger partial charge in [-0.2, -0.15) is 5.26 Å². The third-order valence-electron chi connectivity index (χ3n) is 1.76. The Morgan fingerprint density at radius 1 is 1.50 bits per heavy atom. The number of carbonyl (C=O) groups is 1. The molecule has 0 aliphatic carbocycles. The van der Waals surface area contributed by atoms with Crippen molar-refractivity contribution in [3.63, 3.8) is 0 Å². The summed E-state index contributed by atoms with van der Waals surface area (Å²) in [5.74, 6) is -0.851. The molecule has 4 heteroatoms. The van der Waals surface area contributed by atoms with E-state index in [1.165, 1.54) is 0 Å². The molecule has 1 atom stereocenters. The van der Waals surface area contributed by atoms with Crippen molar-refractivity contribution in [2.24, 2.45) is 0 Å². The third kappa shape index (κ3) is 2.86. The molecule has 3 nitrogen and oxygen atoms in total. The monoisotopic (exact) mass is 253 g/mol. The van der Waals surface area contributed by atoms with Gasteiger partial charge in [0.2, 0.25) is 0 Å². The van der Waals surface area contributed by atoms with Gasteiger partial charge in [-0.05, 0) is 17.7 Å². The second-order valence-corrected chi connectivity index (χ2v) is 3.90. The fourth-order valence-corrected chi connectivity index (χ4v) is 1.62. The molecule has 0 amide bonds. The highest BCUT2D eigenvalue weighted by atomic mass is 79.9. The van der Waals surface area contributed by atoms with Crippen molar-refractivity contribution < 1.29 is 9.90 Å². The van der Waals surface area contributed by atoms with E-state index in [-0.39, 0.29) is 11.2 Å². The summed E-state index contributed by atoms with van der Waals surface area (Å²) in [5.41, 5.74) is 1.44. The normalized spacial score (nSPS) is 11.7. The Morgan fingerprint density at radius 2 is 2.07 bits per heavy atom. The van der Waals surface area contributed by atoms with E-state index in [4.69, 9.17) is 10.4 Å². The predicted octanol–water partition coefficient (Wildman–Crippen LogP) is 2.47. The zero-order valence-electron chi connectivity index (χ0n) is 7.27. The van der Waals surface area contributed by atoms with Gasteiger partial charge in [-0.15, -0.1) is 0 Å². The van der Waals surface area contributed by atoms with Crippen molar-refractivity contribution in [1.82, 2.24) is 0 Å². The van der Waals surface area contributed by atoms with E-state index in [0.717, 1.165) is 5.56 Å². The molecular weight excluding hydrogens is 246 g/mol. The zero-order chi connectivity index (χ0) is 10.6. The van der Waals surface area contributed by atoms with Crippen LogP contribution in [-0.4, -0.2) is 11.1 Å². The van der Waals surface area contributed by atoms with Crippen LogP contribution in [0.3, 0.4) is 0 Å². The fourth-order valence-electron chi connectivity index (χ4n) is 1.04. The number of hydrogen-bond donors (Lipinski definition) is 1. The Bertz CT molecular complexity index is 367. The highest BCUT2D eigenvalue weighted by Gasteiger charge is 2.11. The van der Waals surface area contributed by atoms with Gasteiger partial charge in [-0.1, -0.05) is 28.1 Å². The maximum atomic E-state index is 10.4. The summed E-state index contributed by atoms with van der Waals surface area (Å²) < 4.78 is 0. The van der Waals surface area contributed by atoms with Crippen LogP contribution >= 0.6 is 15.9 Å². The molecule has 1 aromatic carbocycles. The van der Waals surface area contributed by atoms with Crippen LogP contribution in [0, 0.1) is 11.3 Å². The largest absolute Gasteiger partial charge is 0.481 e. The molecule has 0 heterocycles. The van der Waals surface area contributed by atoms with Crippen LogP contribution in [0.25, 0.3) is 0 Å². The quantitative estimate of drug-likeness (QED) is 0.843. The maximum Gasteiger partial charge on any atom is 0.304 e. The van der Waals surface area contributed by atoms with Gasteiger partial charge in [0, 0.05) is 4.83 Å². The van der Waals surface area contributed by atoms with Crippen LogP contribution in [-0.2, 0) is 4.79 Å². The summed E-state index contributed by atoms with van der Waals surface area (Å²) in [5, 5.41) is 17.1. The first kappa shape index (κ1) is 10.7. The minimum atomic E-state index is -0.851. The molecule has 1 unspecified atom stereocenters. The van der Waals surface area contributed by atoms with Crippen molar-refractivity contribution in [2.75, 3.05) is 0 Å². The minimum Gasteiger partial charge on any atom is -0.481 e. The molecule has 1 N–H and O–H groups in total. The number of alkyl halides is 1. The Morgan fingerprint density at radius 3 is 2.50 bits per heavy atom. The third-order valence-corrected chi connectivity index (χ3v) is 2.61. The van der Waals surface area contributed by atoms with E-state index in [1.54, 1.807) is 24.3 Å². The van der Waals surface area contributed by atoms with E-state index in [2.05, 4.69) is 15.9 Å². The number of nitrogens with zero attached hydrogens (tertiary/aromatic N) is 1. The van der Waals surface area contributed by atoms with E-state index in [9.17, 15) is 4.79 Å². The van der Waals surface area contributed by atoms with Gasteiger partial charge in [0.25, 0.3) is 0 Å². The Hall–Kier alpha value is -1.34. The lowest BCUT2D eigenvalue weighted by Crippen LogP contribution is -2.00. The summed E-state index contributed by atoms with van der Waals surface area (Å²) in [6.07, 6.45) is 0.0336. The summed E-state index contributed by atoms with van der Waals surface area (Å²) in [6, 6.07) is 8.85. The lowest BCUT2D eigenvalue weighted by molar-refractivity contribution is -0.136. The molecule has 0 fully saturated rings. The molecule has 72 valence electrons. The van der Waals surface area contributed by atoms with Gasteiger partial charge in [0.1, 0.15) is 0 Å². The Balaban J connectivity index is 2.77. The van der Waals surface area contributed by atoms with Crippen molar-refractivity contribution in [3.8, 4) is 6.07 Å². The molecule has 0 saturated heterocycles. The predicted molar refractivity (Wildman–Crippen MR) is 55.1 cm³/mol. The average molecular weight is 254 g/mol. The Labute approximate surface area is 90.1 Å². The lowest BCUT2D eigenvalue weighted by atomic mass is 10.1. The highest BCUT2D eigenvalue weighted by Crippen LogP contribution is 2.26. The van der Waals surface area contributed by atoms with Crippen molar-refractivity contribution in [3.05, 3.63) is 35.4 Å². The van der Waals surface area contributed by atoms with Crippen LogP contribution in [0.15, 0.2) is 24.3 Å². The molecule has 0 aliphatic heterocycles. The number of rotatable bonds is 3. The van der Waals surface area contributed by atoms with Gasteiger partial charge < -0.3 is 5.11 Å². The number of hydrogen-bond acceptors (Lipinski definition) is 2. The zero-order valence-corrected chi connectivity index (χ0v) is 8.86. The van der Waals surface area contributed by atoms with Crippen molar-refractivity contribution in [2.45, 2.75) is 11.2 Å². The second kappa shape index (κ2) is 4.77. The number of benzene rings is 1. The van der Waals surface area contributed by atoms with E-state index in [0.29, 0.717) is 5.56 Å².